The Morgan fingerprint density at radius 1 is 1.50 bits per heavy atom. The minimum Gasteiger partial charge on any atom is -0.350 e. The Kier molecular flexibility index (Phi) is 8.13. The van der Waals surface area contributed by atoms with E-state index in [-0.39, 0.29) is 34.7 Å². The highest BCUT2D eigenvalue weighted by atomic mass is 35.5. The van der Waals surface area contributed by atoms with E-state index in [2.05, 4.69) is 10.6 Å². The molecule has 0 aromatic heterocycles. The summed E-state index contributed by atoms with van der Waals surface area (Å²) >= 11 is 5.76. The smallest absolute Gasteiger partial charge is 0.282 e. The predicted octanol–water partition coefficient (Wildman–Crippen LogP) is 2.40. The van der Waals surface area contributed by atoms with Crippen LogP contribution in [0.2, 0.25) is 5.02 Å². The van der Waals surface area contributed by atoms with Gasteiger partial charge < -0.3 is 10.6 Å². The maximum atomic E-state index is 11.9. The van der Waals surface area contributed by atoms with E-state index in [1.54, 1.807) is 0 Å². The molecule has 6 nitrogen and oxygen atoms in total. The van der Waals surface area contributed by atoms with Crippen LogP contribution in [-0.4, -0.2) is 30.0 Å². The summed E-state index contributed by atoms with van der Waals surface area (Å²) in [4.78, 5) is 22.2. The number of halogens is 2. The van der Waals surface area contributed by atoms with Gasteiger partial charge in [0.2, 0.25) is 0 Å². The number of nitro groups is 1. The van der Waals surface area contributed by atoms with Crippen LogP contribution in [-0.2, 0) is 0 Å². The van der Waals surface area contributed by atoms with Crippen LogP contribution in [0.25, 0.3) is 0 Å². The Morgan fingerprint density at radius 3 is 2.70 bits per heavy atom. The topological polar surface area (TPSA) is 84.3 Å². The minimum atomic E-state index is -0.598. The van der Waals surface area contributed by atoms with Crippen LogP contribution in [0.15, 0.2) is 18.2 Å². The number of nitro benzene ring substituents is 1. The third-order valence-electron chi connectivity index (χ3n) is 2.52. The van der Waals surface area contributed by atoms with E-state index in [0.717, 1.165) is 6.54 Å². The Balaban J connectivity index is 0.00000361. The summed E-state index contributed by atoms with van der Waals surface area (Å²) in [5.41, 5.74) is -0.279. The second-order valence-electron chi connectivity index (χ2n) is 4.09. The van der Waals surface area contributed by atoms with Crippen molar-refractivity contribution < 1.29 is 9.72 Å². The van der Waals surface area contributed by atoms with Crippen molar-refractivity contribution in [2.45, 2.75) is 19.9 Å². The van der Waals surface area contributed by atoms with E-state index < -0.39 is 10.8 Å². The van der Waals surface area contributed by atoms with Crippen molar-refractivity contribution in [3.8, 4) is 0 Å². The molecule has 0 aliphatic heterocycles. The number of rotatable bonds is 6. The number of nitrogens with one attached hydrogen (secondary N) is 2. The summed E-state index contributed by atoms with van der Waals surface area (Å²) in [7, 11) is 0. The first-order valence-corrected chi connectivity index (χ1v) is 6.29. The zero-order valence-electron chi connectivity index (χ0n) is 11.2. The summed E-state index contributed by atoms with van der Waals surface area (Å²) in [6.07, 6.45) is 0. The molecule has 1 amide bonds. The van der Waals surface area contributed by atoms with E-state index in [4.69, 9.17) is 11.6 Å². The fourth-order valence-corrected chi connectivity index (χ4v) is 1.78. The van der Waals surface area contributed by atoms with Crippen molar-refractivity contribution in [1.82, 2.24) is 10.6 Å². The number of likely N-dealkylation sites (N-methyl/N-ethyl adjacent to an activating group) is 1. The maximum Gasteiger partial charge on any atom is 0.282 e. The van der Waals surface area contributed by atoms with E-state index in [1.807, 2.05) is 13.8 Å². The average molecular weight is 322 g/mol. The normalized spacial score (nSPS) is 11.3. The number of hydrogen-bond donors (Lipinski definition) is 2. The zero-order chi connectivity index (χ0) is 14.4. The summed E-state index contributed by atoms with van der Waals surface area (Å²) in [5.74, 6) is -0.501. The maximum absolute atomic E-state index is 11.9. The Bertz CT molecular complexity index is 483. The highest BCUT2D eigenvalue weighted by Crippen LogP contribution is 2.22. The van der Waals surface area contributed by atoms with Crippen LogP contribution < -0.4 is 10.6 Å². The lowest BCUT2D eigenvalue weighted by Gasteiger charge is -2.13. The van der Waals surface area contributed by atoms with Gasteiger partial charge in [-0.3, -0.25) is 14.9 Å². The highest BCUT2D eigenvalue weighted by molar-refractivity contribution is 6.31. The Labute approximate surface area is 128 Å². The van der Waals surface area contributed by atoms with Gasteiger partial charge in [0.05, 0.1) is 4.92 Å². The van der Waals surface area contributed by atoms with Crippen LogP contribution in [0.3, 0.4) is 0 Å². The standard InChI is InChI=1S/C12H16ClN3O3.ClH/c1-3-14-8(2)7-15-12(17)10-6-9(13)4-5-11(10)16(18)19;/h4-6,8,14H,3,7H2,1-2H3,(H,15,17);1H/t8-;/m1./s1. The first-order valence-electron chi connectivity index (χ1n) is 5.91. The third kappa shape index (κ3) is 5.32. The lowest BCUT2D eigenvalue weighted by atomic mass is 10.1. The van der Waals surface area contributed by atoms with E-state index >= 15 is 0 Å². The second-order valence-corrected chi connectivity index (χ2v) is 4.52. The molecule has 0 fully saturated rings. The van der Waals surface area contributed by atoms with Gasteiger partial charge in [0.1, 0.15) is 5.56 Å². The number of hydrogen-bond acceptors (Lipinski definition) is 4. The molecule has 0 heterocycles. The van der Waals surface area contributed by atoms with Crippen molar-refractivity contribution in [3.63, 3.8) is 0 Å². The van der Waals surface area contributed by atoms with Gasteiger partial charge >= 0.3 is 0 Å². The second kappa shape index (κ2) is 8.73. The molecule has 2 N–H and O–H groups in total. The van der Waals surface area contributed by atoms with E-state index in [0.29, 0.717) is 6.54 Å². The molecular formula is C12H17Cl2N3O3. The molecule has 0 saturated carbocycles. The molecule has 1 rings (SSSR count). The summed E-state index contributed by atoms with van der Waals surface area (Å²) in [6.45, 7) is 5.04. The fraction of sp³-hybridized carbons (Fsp3) is 0.417. The number of carbonyl (C=O) groups is 1. The zero-order valence-corrected chi connectivity index (χ0v) is 12.8. The third-order valence-corrected chi connectivity index (χ3v) is 2.76. The van der Waals surface area contributed by atoms with Gasteiger partial charge in [-0.2, -0.15) is 0 Å². The lowest BCUT2D eigenvalue weighted by molar-refractivity contribution is -0.385. The number of amides is 1. The molecule has 0 spiro atoms. The molecule has 1 aromatic rings. The molecule has 8 heteroatoms. The molecular weight excluding hydrogens is 305 g/mol. The monoisotopic (exact) mass is 321 g/mol. The summed E-state index contributed by atoms with van der Waals surface area (Å²) in [6, 6.07) is 4.00. The first kappa shape index (κ1) is 18.6. The van der Waals surface area contributed by atoms with Gasteiger partial charge in [-0.1, -0.05) is 18.5 Å². The predicted molar refractivity (Wildman–Crippen MR) is 80.8 cm³/mol. The van der Waals surface area contributed by atoms with E-state index in [1.165, 1.54) is 18.2 Å². The van der Waals surface area contributed by atoms with Gasteiger partial charge in [-0.05, 0) is 25.6 Å². The van der Waals surface area contributed by atoms with Crippen molar-refractivity contribution in [2.24, 2.45) is 0 Å². The van der Waals surface area contributed by atoms with Gasteiger partial charge in [0.15, 0.2) is 0 Å². The number of benzene rings is 1. The molecule has 0 radical (unpaired) electrons. The Hall–Kier alpha value is -1.37. The van der Waals surface area contributed by atoms with Crippen LogP contribution in [0, 0.1) is 10.1 Å². The molecule has 0 bridgehead atoms. The number of nitrogens with zero attached hydrogens (tertiary/aromatic N) is 1. The van der Waals surface area contributed by atoms with E-state index in [9.17, 15) is 14.9 Å². The van der Waals surface area contributed by atoms with Crippen molar-refractivity contribution >= 4 is 35.6 Å². The molecule has 1 atom stereocenters. The lowest BCUT2D eigenvalue weighted by Crippen LogP contribution is -2.38. The van der Waals surface area contributed by atoms with Crippen LogP contribution >= 0.6 is 24.0 Å². The van der Waals surface area contributed by atoms with Gasteiger partial charge in [-0.15, -0.1) is 12.4 Å². The van der Waals surface area contributed by atoms with Crippen molar-refractivity contribution in [1.29, 1.82) is 0 Å². The SMILES string of the molecule is CCN[C@H](C)CNC(=O)c1cc(Cl)ccc1[N+](=O)[O-].Cl. The average Bonchev–Trinajstić information content (AvgIpc) is 2.35. The fourth-order valence-electron chi connectivity index (χ4n) is 1.61. The quantitative estimate of drug-likeness (QED) is 0.622. The summed E-state index contributed by atoms with van der Waals surface area (Å²) < 4.78 is 0. The highest BCUT2D eigenvalue weighted by Gasteiger charge is 2.20. The van der Waals surface area contributed by atoms with Gasteiger partial charge in [-0.25, -0.2) is 0 Å². The van der Waals surface area contributed by atoms with Crippen molar-refractivity contribution in [2.75, 3.05) is 13.1 Å². The first-order chi connectivity index (χ1) is 8.95. The van der Waals surface area contributed by atoms with Crippen molar-refractivity contribution in [3.05, 3.63) is 38.9 Å². The molecule has 0 aliphatic rings. The molecule has 0 unspecified atom stereocenters. The van der Waals surface area contributed by atoms with Crippen LogP contribution in [0.4, 0.5) is 5.69 Å². The molecule has 0 saturated heterocycles. The molecule has 20 heavy (non-hydrogen) atoms. The van der Waals surface area contributed by atoms with Crippen LogP contribution in [0.1, 0.15) is 24.2 Å². The largest absolute Gasteiger partial charge is 0.350 e. The molecule has 112 valence electrons. The molecule has 0 aliphatic carbocycles. The van der Waals surface area contributed by atoms with Crippen LogP contribution in [0.5, 0.6) is 0 Å². The number of carbonyl (C=O) groups excluding carboxylic acids is 1. The summed E-state index contributed by atoms with van der Waals surface area (Å²) in [5, 5.41) is 16.9. The van der Waals surface area contributed by atoms with Gasteiger partial charge in [0.25, 0.3) is 11.6 Å². The minimum absolute atomic E-state index is 0. The molecule has 1 aromatic carbocycles. The Morgan fingerprint density at radius 2 is 2.15 bits per heavy atom. The van der Waals surface area contributed by atoms with Gasteiger partial charge in [0, 0.05) is 23.7 Å².